The Morgan fingerprint density at radius 3 is 3.00 bits per heavy atom. The zero-order chi connectivity index (χ0) is 24.5. The van der Waals surface area contributed by atoms with Crippen molar-refractivity contribution in [2.45, 2.75) is 33.0 Å². The third-order valence-electron chi connectivity index (χ3n) is 5.91. The average molecular weight is 495 g/mol. The van der Waals surface area contributed by atoms with Crippen molar-refractivity contribution >= 4 is 17.5 Å². The molecule has 4 heterocycles. The SMILES string of the molecule is C=C(/C=C\C(F)=C/C)[C@H]1COC(c2ncn3c2Cn2c(COCC)nnc2-c2cc(Cl)ccc2-3)=N1. The second-order valence-electron chi connectivity index (χ2n) is 8.08. The Kier molecular flexibility index (Phi) is 6.36. The van der Waals surface area contributed by atoms with Gasteiger partial charge in [-0.25, -0.2) is 14.4 Å². The van der Waals surface area contributed by atoms with E-state index in [0.29, 0.717) is 60.2 Å². The van der Waals surface area contributed by atoms with E-state index in [0.717, 1.165) is 16.9 Å². The maximum absolute atomic E-state index is 13.5. The van der Waals surface area contributed by atoms with E-state index in [4.69, 9.17) is 26.1 Å². The molecule has 0 spiro atoms. The van der Waals surface area contributed by atoms with Crippen LogP contribution in [-0.4, -0.2) is 49.5 Å². The van der Waals surface area contributed by atoms with Gasteiger partial charge in [0.05, 0.1) is 17.9 Å². The first kappa shape index (κ1) is 23.2. The van der Waals surface area contributed by atoms with Crippen LogP contribution in [-0.2, 0) is 22.6 Å². The van der Waals surface area contributed by atoms with Crippen molar-refractivity contribution in [3.63, 3.8) is 0 Å². The summed E-state index contributed by atoms with van der Waals surface area (Å²) in [6.07, 6.45) is 6.11. The predicted octanol–water partition coefficient (Wildman–Crippen LogP) is 4.81. The van der Waals surface area contributed by atoms with Gasteiger partial charge in [0.1, 0.15) is 37.1 Å². The highest BCUT2D eigenvalue weighted by molar-refractivity contribution is 6.31. The number of allylic oxidation sites excluding steroid dienone is 3. The van der Waals surface area contributed by atoms with Gasteiger partial charge < -0.3 is 14.0 Å². The summed E-state index contributed by atoms with van der Waals surface area (Å²) in [6, 6.07) is 5.31. The first-order valence-corrected chi connectivity index (χ1v) is 11.6. The van der Waals surface area contributed by atoms with Gasteiger partial charge in [0.2, 0.25) is 5.90 Å². The molecule has 0 radical (unpaired) electrons. The molecule has 10 heteroatoms. The predicted molar refractivity (Wildman–Crippen MR) is 131 cm³/mol. The largest absolute Gasteiger partial charge is 0.474 e. The van der Waals surface area contributed by atoms with E-state index in [1.807, 2.05) is 34.3 Å². The van der Waals surface area contributed by atoms with E-state index in [1.54, 1.807) is 19.3 Å². The third kappa shape index (κ3) is 4.33. The second-order valence-corrected chi connectivity index (χ2v) is 8.51. The first-order chi connectivity index (χ1) is 17.0. The molecule has 8 nitrogen and oxygen atoms in total. The Hall–Kier alpha value is -3.56. The highest BCUT2D eigenvalue weighted by Crippen LogP contribution is 2.35. The van der Waals surface area contributed by atoms with Gasteiger partial charge >= 0.3 is 0 Å². The summed E-state index contributed by atoms with van der Waals surface area (Å²) in [5.41, 5.74) is 3.86. The third-order valence-corrected chi connectivity index (χ3v) is 6.15. The number of nitrogens with zero attached hydrogens (tertiary/aromatic N) is 6. The van der Waals surface area contributed by atoms with Gasteiger partial charge in [-0.2, -0.15) is 0 Å². The molecular weight excluding hydrogens is 471 g/mol. The van der Waals surface area contributed by atoms with Crippen molar-refractivity contribution in [1.82, 2.24) is 24.3 Å². The Labute approximate surface area is 207 Å². The van der Waals surface area contributed by atoms with Crippen molar-refractivity contribution < 1.29 is 13.9 Å². The number of hydrogen-bond donors (Lipinski definition) is 0. The van der Waals surface area contributed by atoms with E-state index in [1.165, 1.54) is 12.2 Å². The van der Waals surface area contributed by atoms with Crippen LogP contribution in [0.4, 0.5) is 4.39 Å². The fourth-order valence-electron chi connectivity index (χ4n) is 4.05. The van der Waals surface area contributed by atoms with Crippen molar-refractivity contribution in [3.05, 3.63) is 83.0 Å². The minimum atomic E-state index is -0.333. The van der Waals surface area contributed by atoms with Crippen LogP contribution >= 0.6 is 11.6 Å². The van der Waals surface area contributed by atoms with Gasteiger partial charge in [-0.05, 0) is 43.7 Å². The topological polar surface area (TPSA) is 79.4 Å². The van der Waals surface area contributed by atoms with Crippen LogP contribution < -0.4 is 0 Å². The molecule has 5 rings (SSSR count). The van der Waals surface area contributed by atoms with Gasteiger partial charge in [0.15, 0.2) is 11.6 Å². The quantitative estimate of drug-likeness (QED) is 0.344. The molecule has 0 unspecified atom stereocenters. The van der Waals surface area contributed by atoms with Gasteiger partial charge in [-0.1, -0.05) is 30.3 Å². The van der Waals surface area contributed by atoms with Crippen molar-refractivity contribution in [2.75, 3.05) is 13.2 Å². The Morgan fingerprint density at radius 2 is 2.20 bits per heavy atom. The van der Waals surface area contributed by atoms with Crippen molar-refractivity contribution in [2.24, 2.45) is 4.99 Å². The van der Waals surface area contributed by atoms with Gasteiger partial charge in [0, 0.05) is 17.2 Å². The molecule has 180 valence electrons. The minimum absolute atomic E-state index is 0.307. The molecule has 0 saturated heterocycles. The summed E-state index contributed by atoms with van der Waals surface area (Å²) in [5, 5.41) is 9.41. The number of fused-ring (bicyclic) bond motifs is 5. The van der Waals surface area contributed by atoms with Crippen molar-refractivity contribution in [1.29, 1.82) is 0 Å². The molecule has 2 aliphatic rings. The number of aliphatic imine (C=N–C) groups is 1. The fraction of sp³-hybridized carbons (Fsp3) is 0.280. The molecule has 0 fully saturated rings. The first-order valence-electron chi connectivity index (χ1n) is 11.3. The van der Waals surface area contributed by atoms with Crippen molar-refractivity contribution in [3.8, 4) is 17.1 Å². The number of halogens is 2. The number of aromatic nitrogens is 5. The lowest BCUT2D eigenvalue weighted by Crippen LogP contribution is -2.13. The molecule has 2 aromatic heterocycles. The van der Waals surface area contributed by atoms with Crippen LogP contribution in [0, 0.1) is 0 Å². The molecular formula is C25H24ClFN6O2. The molecule has 0 aliphatic carbocycles. The van der Waals surface area contributed by atoms with E-state index < -0.39 is 0 Å². The standard InChI is InChI=1S/C25H24ClFN6O2/c1-4-17(27)8-6-15(3)19-12-35-25(29-19)23-21-11-32-22(13-34-5-2)30-31-24(32)18-10-16(26)7-9-20(18)33(21)14-28-23/h4,6-10,14,19H,3,5,11-13H2,1-2H3/b8-6-,17-4+/t19-/m1/s1. The molecule has 0 bridgehead atoms. The zero-order valence-corrected chi connectivity index (χ0v) is 20.2. The lowest BCUT2D eigenvalue weighted by Gasteiger charge is -2.09. The van der Waals surface area contributed by atoms with E-state index in [2.05, 4.69) is 21.8 Å². The van der Waals surface area contributed by atoms with Gasteiger partial charge in [-0.3, -0.25) is 4.57 Å². The zero-order valence-electron chi connectivity index (χ0n) is 19.4. The number of imidazole rings is 1. The maximum Gasteiger partial charge on any atom is 0.238 e. The monoisotopic (exact) mass is 494 g/mol. The molecule has 0 N–H and O–H groups in total. The summed E-state index contributed by atoms with van der Waals surface area (Å²) in [4.78, 5) is 9.34. The highest BCUT2D eigenvalue weighted by atomic mass is 35.5. The number of hydrogen-bond acceptors (Lipinski definition) is 6. The minimum Gasteiger partial charge on any atom is -0.474 e. The van der Waals surface area contributed by atoms with Crippen LogP contribution in [0.25, 0.3) is 17.1 Å². The molecule has 1 atom stereocenters. The summed E-state index contributed by atoms with van der Waals surface area (Å²) < 4.78 is 29.0. The smallest absolute Gasteiger partial charge is 0.238 e. The lowest BCUT2D eigenvalue weighted by atomic mass is 10.1. The number of benzene rings is 1. The number of ether oxygens (including phenoxy) is 2. The van der Waals surface area contributed by atoms with Crippen LogP contribution in [0.2, 0.25) is 5.02 Å². The van der Waals surface area contributed by atoms with Gasteiger partial charge in [0.25, 0.3) is 0 Å². The molecule has 3 aromatic rings. The van der Waals surface area contributed by atoms with Gasteiger partial charge in [-0.15, -0.1) is 10.2 Å². The molecule has 35 heavy (non-hydrogen) atoms. The Morgan fingerprint density at radius 1 is 1.34 bits per heavy atom. The van der Waals surface area contributed by atoms with Crippen LogP contribution in [0.1, 0.15) is 31.1 Å². The fourth-order valence-corrected chi connectivity index (χ4v) is 4.22. The maximum atomic E-state index is 13.5. The van der Waals surface area contributed by atoms with E-state index in [9.17, 15) is 4.39 Å². The highest BCUT2D eigenvalue weighted by Gasteiger charge is 2.30. The Balaban J connectivity index is 1.56. The Bertz CT molecular complexity index is 1390. The summed E-state index contributed by atoms with van der Waals surface area (Å²) in [6.45, 7) is 9.23. The van der Waals surface area contributed by atoms with Crippen LogP contribution in [0.5, 0.6) is 0 Å². The van der Waals surface area contributed by atoms with E-state index in [-0.39, 0.29) is 11.9 Å². The summed E-state index contributed by atoms with van der Waals surface area (Å²) >= 11 is 6.34. The molecule has 1 aromatic carbocycles. The molecule has 2 aliphatic heterocycles. The van der Waals surface area contributed by atoms with Crippen LogP contribution in [0.15, 0.2) is 65.7 Å². The average Bonchev–Trinajstić information content (AvgIpc) is 3.58. The normalized spacial score (nSPS) is 17.0. The lowest BCUT2D eigenvalue weighted by molar-refractivity contribution is 0.125. The summed E-state index contributed by atoms with van der Waals surface area (Å²) in [7, 11) is 0. The molecule has 0 saturated carbocycles. The molecule has 0 amide bonds. The summed E-state index contributed by atoms with van der Waals surface area (Å²) in [5.74, 6) is 1.48. The van der Waals surface area contributed by atoms with E-state index >= 15 is 0 Å². The second kappa shape index (κ2) is 9.59. The number of rotatable bonds is 7. The van der Waals surface area contributed by atoms with Crippen LogP contribution in [0.3, 0.4) is 0 Å².